The lowest BCUT2D eigenvalue weighted by atomic mass is 10.0. The minimum Gasteiger partial charge on any atom is -0.434 e. The van der Waals surface area contributed by atoms with E-state index in [-0.39, 0.29) is 42.6 Å². The van der Waals surface area contributed by atoms with Crippen LogP contribution in [0.1, 0.15) is 19.4 Å². The third kappa shape index (κ3) is 6.58. The molecule has 0 aliphatic heterocycles. The van der Waals surface area contributed by atoms with Crippen LogP contribution in [0.25, 0.3) is 0 Å². The average molecular weight is 388 g/mol. The van der Waals surface area contributed by atoms with E-state index in [4.69, 9.17) is 5.73 Å². The molecule has 0 aliphatic rings. The van der Waals surface area contributed by atoms with E-state index in [0.717, 1.165) is 0 Å². The smallest absolute Gasteiger partial charge is 0.387 e. The minimum absolute atomic E-state index is 0. The summed E-state index contributed by atoms with van der Waals surface area (Å²) in [5.41, 5.74) is 6.10. The highest BCUT2D eigenvalue weighted by Gasteiger charge is 2.17. The fourth-order valence-corrected chi connectivity index (χ4v) is 1.89. The summed E-state index contributed by atoms with van der Waals surface area (Å²) >= 11 is 3.25. The van der Waals surface area contributed by atoms with Crippen LogP contribution in [0.2, 0.25) is 0 Å². The summed E-state index contributed by atoms with van der Waals surface area (Å²) in [6, 6.07) is 4.35. The Hall–Kier alpha value is -0.920. The summed E-state index contributed by atoms with van der Waals surface area (Å²) in [6.45, 7) is 0.623. The third-order valence-corrected chi connectivity index (χ3v) is 3.39. The molecular formula is C13H18BrClF2N2O2. The second kappa shape index (κ2) is 9.17. The van der Waals surface area contributed by atoms with E-state index in [1.807, 2.05) is 0 Å². The molecule has 0 saturated heterocycles. The van der Waals surface area contributed by atoms with E-state index in [9.17, 15) is 13.6 Å². The number of nitrogens with two attached hydrogens (primary N) is 1. The predicted octanol–water partition coefficient (Wildman–Crippen LogP) is 3.07. The van der Waals surface area contributed by atoms with Gasteiger partial charge in [-0.15, -0.1) is 12.4 Å². The van der Waals surface area contributed by atoms with Crippen LogP contribution in [-0.2, 0) is 11.3 Å². The Kier molecular flexibility index (Phi) is 8.77. The van der Waals surface area contributed by atoms with E-state index in [1.165, 1.54) is 6.07 Å². The van der Waals surface area contributed by atoms with Crippen molar-refractivity contribution >= 4 is 34.2 Å². The van der Waals surface area contributed by atoms with Gasteiger partial charge in [0.2, 0.25) is 5.91 Å². The zero-order valence-electron chi connectivity index (χ0n) is 11.6. The Balaban J connectivity index is 0.00000400. The Labute approximate surface area is 137 Å². The second-order valence-corrected chi connectivity index (χ2v) is 5.41. The first-order valence-electron chi connectivity index (χ1n) is 6.07. The van der Waals surface area contributed by atoms with Crippen LogP contribution in [-0.4, -0.2) is 18.6 Å². The average Bonchev–Trinajstić information content (AvgIpc) is 2.37. The Morgan fingerprint density at radius 3 is 2.57 bits per heavy atom. The van der Waals surface area contributed by atoms with Gasteiger partial charge in [-0.05, 0) is 25.1 Å². The van der Waals surface area contributed by atoms with Gasteiger partial charge < -0.3 is 15.8 Å². The van der Waals surface area contributed by atoms with Gasteiger partial charge in [0, 0.05) is 28.5 Å². The molecule has 0 aliphatic carbocycles. The van der Waals surface area contributed by atoms with Gasteiger partial charge in [-0.3, -0.25) is 4.79 Å². The molecule has 8 heteroatoms. The lowest BCUT2D eigenvalue weighted by Gasteiger charge is -2.16. The van der Waals surface area contributed by atoms with Gasteiger partial charge in [0.05, 0.1) is 0 Å². The number of hydrogen-bond acceptors (Lipinski definition) is 3. The molecule has 1 rings (SSSR count). The lowest BCUT2D eigenvalue weighted by molar-refractivity contribution is -0.125. The van der Waals surface area contributed by atoms with Gasteiger partial charge in [0.25, 0.3) is 0 Å². The number of ether oxygens (including phenoxy) is 1. The van der Waals surface area contributed by atoms with Crippen LogP contribution in [0.3, 0.4) is 0 Å². The van der Waals surface area contributed by atoms with Gasteiger partial charge in [-0.1, -0.05) is 22.9 Å². The zero-order valence-corrected chi connectivity index (χ0v) is 14.0. The van der Waals surface area contributed by atoms with E-state index in [1.54, 1.807) is 26.0 Å². The van der Waals surface area contributed by atoms with Crippen LogP contribution >= 0.6 is 28.3 Å². The predicted molar refractivity (Wildman–Crippen MR) is 82.7 cm³/mol. The summed E-state index contributed by atoms with van der Waals surface area (Å²) in [4.78, 5) is 11.8. The normalized spacial score (nSPS) is 13.3. The van der Waals surface area contributed by atoms with Crippen molar-refractivity contribution in [1.82, 2.24) is 5.32 Å². The Morgan fingerprint density at radius 2 is 2.05 bits per heavy atom. The quantitative estimate of drug-likeness (QED) is 0.788. The van der Waals surface area contributed by atoms with Gasteiger partial charge in [0.15, 0.2) is 0 Å². The second-order valence-electron chi connectivity index (χ2n) is 4.50. The van der Waals surface area contributed by atoms with E-state index >= 15 is 0 Å². The number of carbonyl (C=O) groups is 1. The van der Waals surface area contributed by atoms with Crippen molar-refractivity contribution in [2.75, 3.05) is 0 Å². The van der Waals surface area contributed by atoms with Crippen molar-refractivity contribution in [3.8, 4) is 5.75 Å². The topological polar surface area (TPSA) is 64.4 Å². The van der Waals surface area contributed by atoms with Crippen molar-refractivity contribution in [2.24, 2.45) is 11.7 Å². The highest BCUT2D eigenvalue weighted by Crippen LogP contribution is 2.24. The first kappa shape index (κ1) is 20.1. The largest absolute Gasteiger partial charge is 0.434 e. The van der Waals surface area contributed by atoms with Crippen molar-refractivity contribution in [3.05, 3.63) is 28.2 Å². The highest BCUT2D eigenvalue weighted by atomic mass is 79.9. The van der Waals surface area contributed by atoms with Crippen LogP contribution < -0.4 is 15.8 Å². The molecule has 2 unspecified atom stereocenters. The van der Waals surface area contributed by atoms with E-state index in [0.29, 0.717) is 10.0 Å². The number of alkyl halides is 2. The third-order valence-electron chi connectivity index (χ3n) is 2.89. The summed E-state index contributed by atoms with van der Waals surface area (Å²) in [5, 5.41) is 2.66. The van der Waals surface area contributed by atoms with E-state index < -0.39 is 6.61 Å². The molecule has 2 atom stereocenters. The first-order valence-corrected chi connectivity index (χ1v) is 6.87. The molecule has 0 heterocycles. The molecule has 21 heavy (non-hydrogen) atoms. The number of hydrogen-bond donors (Lipinski definition) is 2. The summed E-state index contributed by atoms with van der Waals surface area (Å²) < 4.78 is 29.7. The molecule has 3 N–H and O–H groups in total. The monoisotopic (exact) mass is 386 g/mol. The van der Waals surface area contributed by atoms with Gasteiger partial charge >= 0.3 is 6.61 Å². The Morgan fingerprint density at radius 1 is 1.43 bits per heavy atom. The van der Waals surface area contributed by atoms with E-state index in [2.05, 4.69) is 26.0 Å². The van der Waals surface area contributed by atoms with Crippen LogP contribution in [0.4, 0.5) is 8.78 Å². The standard InChI is InChI=1S/C13H17BrF2N2O2.ClH/c1-7(8(2)17)12(19)18-6-9-5-10(14)3-4-11(9)20-13(15)16;/h3-5,7-8,13H,6,17H2,1-2H3,(H,18,19);1H. The molecule has 1 aromatic carbocycles. The Bertz CT molecular complexity index is 475. The van der Waals surface area contributed by atoms with Crippen LogP contribution in [0, 0.1) is 5.92 Å². The zero-order chi connectivity index (χ0) is 15.3. The number of nitrogens with one attached hydrogen (secondary N) is 1. The van der Waals surface area contributed by atoms with Gasteiger partial charge in [-0.2, -0.15) is 8.78 Å². The molecule has 0 radical (unpaired) electrons. The lowest BCUT2D eigenvalue weighted by Crippen LogP contribution is -2.38. The molecule has 1 amide bonds. The fourth-order valence-electron chi connectivity index (χ4n) is 1.48. The highest BCUT2D eigenvalue weighted by molar-refractivity contribution is 9.10. The van der Waals surface area contributed by atoms with Crippen molar-refractivity contribution < 1.29 is 18.3 Å². The molecule has 4 nitrogen and oxygen atoms in total. The molecule has 0 aromatic heterocycles. The van der Waals surface area contributed by atoms with Crippen molar-refractivity contribution in [1.29, 1.82) is 0 Å². The van der Waals surface area contributed by atoms with Crippen LogP contribution in [0.5, 0.6) is 5.75 Å². The maximum absolute atomic E-state index is 12.3. The maximum Gasteiger partial charge on any atom is 0.387 e. The molecule has 0 spiro atoms. The maximum atomic E-state index is 12.3. The number of rotatable bonds is 6. The SMILES string of the molecule is CC(N)C(C)C(=O)NCc1cc(Br)ccc1OC(F)F.Cl. The van der Waals surface area contributed by atoms with Gasteiger partial charge in [0.1, 0.15) is 5.75 Å². The summed E-state index contributed by atoms with van der Waals surface area (Å²) in [6.07, 6.45) is 0. The number of amides is 1. The van der Waals surface area contributed by atoms with Gasteiger partial charge in [-0.25, -0.2) is 0 Å². The molecular weight excluding hydrogens is 370 g/mol. The number of benzene rings is 1. The fraction of sp³-hybridized carbons (Fsp3) is 0.462. The minimum atomic E-state index is -2.91. The van der Waals surface area contributed by atoms with Crippen molar-refractivity contribution in [3.63, 3.8) is 0 Å². The number of halogens is 4. The van der Waals surface area contributed by atoms with Crippen molar-refractivity contribution in [2.45, 2.75) is 33.0 Å². The summed E-state index contributed by atoms with van der Waals surface area (Å²) in [7, 11) is 0. The summed E-state index contributed by atoms with van der Waals surface area (Å²) in [5.74, 6) is -0.554. The number of carbonyl (C=O) groups excluding carboxylic acids is 1. The van der Waals surface area contributed by atoms with Crippen LogP contribution in [0.15, 0.2) is 22.7 Å². The molecule has 0 fully saturated rings. The molecule has 0 bridgehead atoms. The molecule has 120 valence electrons. The first-order chi connectivity index (χ1) is 9.31. The molecule has 1 aromatic rings. The molecule has 0 saturated carbocycles.